The topological polar surface area (TPSA) is 20.2 Å². The van der Waals surface area contributed by atoms with Gasteiger partial charge in [-0.3, -0.25) is 0 Å². The highest BCUT2D eigenvalue weighted by Crippen LogP contribution is 2.60. The van der Waals surface area contributed by atoms with Crippen LogP contribution in [0.2, 0.25) is 0 Å². The number of hydrogen-bond acceptors (Lipinski definition) is 1. The highest BCUT2D eigenvalue weighted by atomic mass is 19.1. The summed E-state index contributed by atoms with van der Waals surface area (Å²) in [4.78, 5) is 0. The van der Waals surface area contributed by atoms with Gasteiger partial charge >= 0.3 is 0 Å². The third kappa shape index (κ3) is 5.43. The molecule has 3 aliphatic rings. The van der Waals surface area contributed by atoms with E-state index in [4.69, 9.17) is 0 Å². The van der Waals surface area contributed by atoms with Crippen molar-refractivity contribution in [3.8, 4) is 0 Å². The Morgan fingerprint density at radius 2 is 2.00 bits per heavy atom. The lowest BCUT2D eigenvalue weighted by Gasteiger charge is -2.44. The Hall–Kier alpha value is -0.890. The molecule has 164 valence electrons. The molecule has 0 bridgehead atoms. The van der Waals surface area contributed by atoms with Crippen molar-refractivity contribution in [1.29, 1.82) is 0 Å². The van der Waals surface area contributed by atoms with E-state index in [2.05, 4.69) is 32.6 Å². The van der Waals surface area contributed by atoms with Gasteiger partial charge in [-0.15, -0.1) is 0 Å². The molecule has 1 nitrogen and oxygen atoms in total. The van der Waals surface area contributed by atoms with E-state index in [-0.39, 0.29) is 6.10 Å². The van der Waals surface area contributed by atoms with Crippen LogP contribution >= 0.6 is 0 Å². The molecule has 0 aromatic carbocycles. The average molecular weight is 403 g/mol. The fraction of sp³-hybridized carbons (Fsp3) is 0.778. The maximum Gasteiger partial charge on any atom is 0.105 e. The van der Waals surface area contributed by atoms with E-state index in [1.807, 2.05) is 0 Å². The third-order valence-electron chi connectivity index (χ3n) is 8.34. The zero-order valence-corrected chi connectivity index (χ0v) is 19.3. The molecule has 0 spiro atoms. The molecule has 0 aliphatic heterocycles. The number of fused-ring (bicyclic) bond motifs is 1. The molecule has 1 N–H and O–H groups in total. The highest BCUT2D eigenvalue weighted by Gasteiger charge is 2.50. The van der Waals surface area contributed by atoms with Gasteiger partial charge in [-0.05, 0) is 100 Å². The molecular weight excluding hydrogens is 359 g/mol. The fourth-order valence-corrected chi connectivity index (χ4v) is 6.66. The summed E-state index contributed by atoms with van der Waals surface area (Å²) in [5.74, 6) is 2.14. The molecule has 1 unspecified atom stereocenters. The molecule has 3 rings (SSSR count). The summed E-state index contributed by atoms with van der Waals surface area (Å²) in [7, 11) is 0. The van der Waals surface area contributed by atoms with Crippen molar-refractivity contribution in [2.75, 3.05) is 0 Å². The van der Waals surface area contributed by atoms with Gasteiger partial charge < -0.3 is 5.11 Å². The van der Waals surface area contributed by atoms with Crippen molar-refractivity contribution < 1.29 is 9.50 Å². The summed E-state index contributed by atoms with van der Waals surface area (Å²) in [6.45, 7) is 12.6. The number of alkyl halides is 1. The zero-order chi connectivity index (χ0) is 21.2. The van der Waals surface area contributed by atoms with Crippen molar-refractivity contribution >= 4 is 0 Å². The Balaban J connectivity index is 1.68. The Labute approximate surface area is 178 Å². The molecule has 3 saturated carbocycles. The predicted molar refractivity (Wildman–Crippen MR) is 122 cm³/mol. The first kappa shape index (κ1) is 22.8. The van der Waals surface area contributed by atoms with Crippen molar-refractivity contribution in [1.82, 2.24) is 0 Å². The maximum atomic E-state index is 13.9. The predicted octanol–water partition coefficient (Wildman–Crippen LogP) is 7.71. The first-order chi connectivity index (χ1) is 13.6. The Bertz CT molecular complexity index is 652. The van der Waals surface area contributed by atoms with Gasteiger partial charge in [0.05, 0.1) is 6.10 Å². The van der Waals surface area contributed by atoms with Crippen LogP contribution in [0, 0.1) is 23.2 Å². The molecule has 0 heterocycles. The molecule has 0 amide bonds. The van der Waals surface area contributed by atoms with Crippen molar-refractivity contribution in [2.24, 2.45) is 23.2 Å². The van der Waals surface area contributed by atoms with E-state index in [9.17, 15) is 9.50 Å². The standard InChI is InChI=1S/C27H43FO/c1-19-10-13-23(29)18-22(19)12-11-21-9-7-17-27(5)24(14-15-25(21)27)20(2)8-6-16-26(3,4)28/h11-12,20,23-25,29H,1,6-10,13-18H2,2-5H3/b21-11?,22-12-/t20-,23+,24-,25?,27-/m1/s1. The summed E-state index contributed by atoms with van der Waals surface area (Å²) in [5, 5.41) is 10.0. The first-order valence-electron chi connectivity index (χ1n) is 12.0. The SMILES string of the molecule is C=C1CC[C@H](O)C/C1=C/C=C1CCC[C@@]2(C)C1CC[C@@H]2[C@H](C)CCCC(C)(C)F. The van der Waals surface area contributed by atoms with Crippen molar-refractivity contribution in [2.45, 2.75) is 110 Å². The van der Waals surface area contributed by atoms with Crippen molar-refractivity contribution in [3.05, 3.63) is 35.5 Å². The van der Waals surface area contributed by atoms with Crippen LogP contribution in [0.4, 0.5) is 4.39 Å². The minimum atomic E-state index is -1.03. The zero-order valence-electron chi connectivity index (χ0n) is 19.3. The first-order valence-corrected chi connectivity index (χ1v) is 12.0. The van der Waals surface area contributed by atoms with Gasteiger partial charge in [0.2, 0.25) is 0 Å². The van der Waals surface area contributed by atoms with Crippen LogP contribution < -0.4 is 0 Å². The second-order valence-corrected chi connectivity index (χ2v) is 11.1. The molecule has 2 heteroatoms. The van der Waals surface area contributed by atoms with Crippen LogP contribution in [0.25, 0.3) is 0 Å². The quantitative estimate of drug-likeness (QED) is 0.482. The summed E-state index contributed by atoms with van der Waals surface area (Å²) in [6.07, 6.45) is 16.3. The maximum absolute atomic E-state index is 13.9. The molecule has 3 fully saturated rings. The average Bonchev–Trinajstić information content (AvgIpc) is 2.99. The summed E-state index contributed by atoms with van der Waals surface area (Å²) >= 11 is 0. The van der Waals surface area contributed by atoms with Crippen LogP contribution in [0.1, 0.15) is 98.3 Å². The Morgan fingerprint density at radius 1 is 1.24 bits per heavy atom. The Kier molecular flexibility index (Phi) is 7.14. The lowest BCUT2D eigenvalue weighted by atomic mass is 9.60. The number of halogens is 1. The van der Waals surface area contributed by atoms with Gasteiger partial charge in [-0.25, -0.2) is 4.39 Å². The normalized spacial score (nSPS) is 37.2. The lowest BCUT2D eigenvalue weighted by Crippen LogP contribution is -2.36. The van der Waals surface area contributed by atoms with E-state index in [0.29, 0.717) is 23.7 Å². The summed E-state index contributed by atoms with van der Waals surface area (Å²) < 4.78 is 13.9. The van der Waals surface area contributed by atoms with Crippen LogP contribution in [-0.2, 0) is 0 Å². The summed E-state index contributed by atoms with van der Waals surface area (Å²) in [6, 6.07) is 0. The molecule has 3 aliphatic carbocycles. The molecule has 29 heavy (non-hydrogen) atoms. The largest absolute Gasteiger partial charge is 0.393 e. The van der Waals surface area contributed by atoms with Crippen LogP contribution in [0.15, 0.2) is 35.5 Å². The highest BCUT2D eigenvalue weighted by molar-refractivity contribution is 5.36. The van der Waals surface area contributed by atoms with Gasteiger partial charge in [-0.1, -0.05) is 56.6 Å². The number of aliphatic hydroxyl groups is 1. The van der Waals surface area contributed by atoms with E-state index >= 15 is 0 Å². The van der Waals surface area contributed by atoms with E-state index < -0.39 is 5.67 Å². The van der Waals surface area contributed by atoms with Crippen LogP contribution in [0.5, 0.6) is 0 Å². The van der Waals surface area contributed by atoms with E-state index in [0.717, 1.165) is 38.0 Å². The van der Waals surface area contributed by atoms with E-state index in [1.165, 1.54) is 43.3 Å². The van der Waals surface area contributed by atoms with Crippen molar-refractivity contribution in [3.63, 3.8) is 0 Å². The lowest BCUT2D eigenvalue weighted by molar-refractivity contribution is 0.0904. The minimum absolute atomic E-state index is 0.201. The van der Waals surface area contributed by atoms with Crippen LogP contribution in [-0.4, -0.2) is 16.9 Å². The fourth-order valence-electron chi connectivity index (χ4n) is 6.66. The Morgan fingerprint density at radius 3 is 2.72 bits per heavy atom. The van der Waals surface area contributed by atoms with Crippen LogP contribution in [0.3, 0.4) is 0 Å². The smallest absolute Gasteiger partial charge is 0.105 e. The minimum Gasteiger partial charge on any atom is -0.393 e. The molecule has 0 aromatic rings. The van der Waals surface area contributed by atoms with Gasteiger partial charge in [0, 0.05) is 0 Å². The van der Waals surface area contributed by atoms with Gasteiger partial charge in [-0.2, -0.15) is 0 Å². The number of aliphatic hydroxyl groups excluding tert-OH is 1. The summed E-state index contributed by atoms with van der Waals surface area (Å²) in [5.41, 5.74) is 3.45. The third-order valence-corrected chi connectivity index (χ3v) is 8.34. The number of hydrogen-bond donors (Lipinski definition) is 1. The molecule has 0 aromatic heterocycles. The molecule has 5 atom stereocenters. The molecular formula is C27H43FO. The number of rotatable bonds is 6. The molecule has 0 radical (unpaired) electrons. The second-order valence-electron chi connectivity index (χ2n) is 11.1. The van der Waals surface area contributed by atoms with Gasteiger partial charge in [0.15, 0.2) is 0 Å². The van der Waals surface area contributed by atoms with Gasteiger partial charge in [0.25, 0.3) is 0 Å². The van der Waals surface area contributed by atoms with E-state index in [1.54, 1.807) is 19.4 Å². The monoisotopic (exact) mass is 402 g/mol. The van der Waals surface area contributed by atoms with Gasteiger partial charge in [0.1, 0.15) is 5.67 Å². The second kappa shape index (κ2) is 9.08. The molecule has 0 saturated heterocycles. The number of allylic oxidation sites excluding steroid dienone is 4.